The lowest BCUT2D eigenvalue weighted by molar-refractivity contribution is 0.476. The average Bonchev–Trinajstić information content (AvgIpc) is 2.77. The molecule has 23 heavy (non-hydrogen) atoms. The average molecular weight is 324 g/mol. The van der Waals surface area contributed by atoms with Gasteiger partial charge in [-0.3, -0.25) is 9.71 Å². The van der Waals surface area contributed by atoms with E-state index in [1.165, 1.54) is 0 Å². The summed E-state index contributed by atoms with van der Waals surface area (Å²) in [7, 11) is -3.58. The summed E-state index contributed by atoms with van der Waals surface area (Å²) in [6.07, 6.45) is 3.23. The molecule has 5 nitrogen and oxygen atoms in total. The van der Waals surface area contributed by atoms with E-state index in [1.54, 1.807) is 60.8 Å². The highest BCUT2D eigenvalue weighted by Crippen LogP contribution is 2.38. The van der Waals surface area contributed by atoms with Gasteiger partial charge in [-0.15, -0.1) is 0 Å². The zero-order chi connectivity index (χ0) is 16.0. The molecule has 1 aliphatic rings. The van der Waals surface area contributed by atoms with Crippen LogP contribution in [0.15, 0.2) is 54.7 Å². The van der Waals surface area contributed by atoms with Crippen LogP contribution >= 0.6 is 0 Å². The molecule has 1 aromatic heterocycles. The van der Waals surface area contributed by atoms with Crippen molar-refractivity contribution in [1.82, 2.24) is 4.98 Å². The molecule has 0 aliphatic carbocycles. The molecule has 2 heterocycles. The number of hydrogen-bond acceptors (Lipinski definition) is 4. The van der Waals surface area contributed by atoms with Crippen LogP contribution in [-0.4, -0.2) is 18.5 Å². The zero-order valence-corrected chi connectivity index (χ0v) is 12.7. The first-order valence-electron chi connectivity index (χ1n) is 6.96. The Morgan fingerprint density at radius 1 is 1.09 bits per heavy atom. The van der Waals surface area contributed by atoms with E-state index in [4.69, 9.17) is 0 Å². The molecule has 114 valence electrons. The second-order valence-corrected chi connectivity index (χ2v) is 6.91. The predicted molar refractivity (Wildman–Crippen MR) is 90.3 cm³/mol. The fourth-order valence-corrected chi connectivity index (χ4v) is 4.04. The van der Waals surface area contributed by atoms with Gasteiger partial charge in [0.25, 0.3) is 10.0 Å². The lowest BCUT2D eigenvalue weighted by Gasteiger charge is -2.04. The Morgan fingerprint density at radius 2 is 1.91 bits per heavy atom. The maximum Gasteiger partial charge on any atom is 0.262 e. The monoisotopic (exact) mass is 324 g/mol. The number of phenols is 1. The van der Waals surface area contributed by atoms with Gasteiger partial charge in [0.2, 0.25) is 0 Å². The van der Waals surface area contributed by atoms with Crippen LogP contribution in [0.25, 0.3) is 21.9 Å². The Hall–Kier alpha value is -2.86. The second kappa shape index (κ2) is 4.82. The number of para-hydroxylation sites is 1. The van der Waals surface area contributed by atoms with Crippen LogP contribution in [-0.2, 0) is 10.0 Å². The number of nitrogens with one attached hydrogen (secondary N) is 1. The number of aromatic hydroxyl groups is 1. The van der Waals surface area contributed by atoms with Gasteiger partial charge < -0.3 is 5.11 Å². The quantitative estimate of drug-likeness (QED) is 0.720. The van der Waals surface area contributed by atoms with E-state index in [9.17, 15) is 13.5 Å². The SMILES string of the molecule is O=S1(=O)Nc2ccccc2C1=Cc1ccnc2cc(O)ccc12. The summed E-state index contributed by atoms with van der Waals surface area (Å²) in [5.41, 5.74) is 2.56. The maximum absolute atomic E-state index is 12.4. The van der Waals surface area contributed by atoms with Gasteiger partial charge in [-0.1, -0.05) is 18.2 Å². The standard InChI is InChI=1S/C17H12N2O3S/c20-12-5-6-13-11(7-8-18-16(13)10-12)9-17-14-3-1-2-4-15(14)19-23(17,21)22/h1-10,19-20H. The highest BCUT2D eigenvalue weighted by molar-refractivity contribution is 8.02. The van der Waals surface area contributed by atoms with Crippen molar-refractivity contribution in [2.75, 3.05) is 4.72 Å². The molecule has 0 atom stereocenters. The minimum Gasteiger partial charge on any atom is -0.508 e. The fourth-order valence-electron chi connectivity index (χ4n) is 2.71. The van der Waals surface area contributed by atoms with E-state index in [2.05, 4.69) is 9.71 Å². The smallest absolute Gasteiger partial charge is 0.262 e. The minimum atomic E-state index is -3.58. The van der Waals surface area contributed by atoms with Crippen LogP contribution in [0.4, 0.5) is 5.69 Å². The van der Waals surface area contributed by atoms with Gasteiger partial charge >= 0.3 is 0 Å². The van der Waals surface area contributed by atoms with Gasteiger partial charge in [-0.05, 0) is 35.9 Å². The third-order valence-corrected chi connectivity index (χ3v) is 5.18. The largest absolute Gasteiger partial charge is 0.508 e. The van der Waals surface area contributed by atoms with Gasteiger partial charge in [0.1, 0.15) is 5.75 Å². The van der Waals surface area contributed by atoms with Gasteiger partial charge in [-0.25, -0.2) is 8.42 Å². The van der Waals surface area contributed by atoms with Crippen LogP contribution in [0.1, 0.15) is 11.1 Å². The fraction of sp³-hybridized carbons (Fsp3) is 0. The first-order chi connectivity index (χ1) is 11.0. The van der Waals surface area contributed by atoms with Crippen LogP contribution in [0.2, 0.25) is 0 Å². The molecule has 3 aromatic rings. The van der Waals surface area contributed by atoms with Crippen molar-refractivity contribution in [3.63, 3.8) is 0 Å². The first kappa shape index (κ1) is 13.8. The number of nitrogens with zero attached hydrogens (tertiary/aromatic N) is 1. The normalized spacial score (nSPS) is 17.1. The Bertz CT molecular complexity index is 1070. The molecule has 0 fully saturated rings. The molecule has 1 aliphatic heterocycles. The summed E-state index contributed by atoms with van der Waals surface area (Å²) in [5.74, 6) is 0.121. The Kier molecular flexibility index (Phi) is 2.89. The van der Waals surface area contributed by atoms with Gasteiger partial charge in [0.05, 0.1) is 16.1 Å². The molecule has 6 heteroatoms. The number of pyridine rings is 1. The molecular weight excluding hydrogens is 312 g/mol. The van der Waals surface area contributed by atoms with E-state index in [0.29, 0.717) is 16.8 Å². The van der Waals surface area contributed by atoms with Crippen LogP contribution < -0.4 is 4.72 Å². The molecule has 0 radical (unpaired) electrons. The van der Waals surface area contributed by atoms with Crippen molar-refractivity contribution in [2.24, 2.45) is 0 Å². The summed E-state index contributed by atoms with van der Waals surface area (Å²) >= 11 is 0. The van der Waals surface area contributed by atoms with Crippen molar-refractivity contribution in [2.45, 2.75) is 0 Å². The van der Waals surface area contributed by atoms with Crippen molar-refractivity contribution < 1.29 is 13.5 Å². The van der Waals surface area contributed by atoms with Crippen LogP contribution in [0.3, 0.4) is 0 Å². The lowest BCUT2D eigenvalue weighted by Crippen LogP contribution is -2.05. The van der Waals surface area contributed by atoms with Crippen molar-refractivity contribution in [1.29, 1.82) is 0 Å². The van der Waals surface area contributed by atoms with E-state index in [-0.39, 0.29) is 10.7 Å². The molecule has 4 rings (SSSR count). The summed E-state index contributed by atoms with van der Waals surface area (Å²) in [4.78, 5) is 4.43. The highest BCUT2D eigenvalue weighted by atomic mass is 32.2. The van der Waals surface area contributed by atoms with Crippen LogP contribution in [0, 0.1) is 0 Å². The molecule has 0 saturated carbocycles. The number of fused-ring (bicyclic) bond motifs is 2. The van der Waals surface area contributed by atoms with Gasteiger partial charge in [0.15, 0.2) is 0 Å². The van der Waals surface area contributed by atoms with E-state index in [1.807, 2.05) is 0 Å². The van der Waals surface area contributed by atoms with Crippen molar-refractivity contribution in [3.05, 3.63) is 65.9 Å². The summed E-state index contributed by atoms with van der Waals surface area (Å²) in [5, 5.41) is 10.3. The van der Waals surface area contributed by atoms with E-state index < -0.39 is 10.0 Å². The Morgan fingerprint density at radius 3 is 2.78 bits per heavy atom. The molecular formula is C17H12N2O3S. The summed E-state index contributed by atoms with van der Waals surface area (Å²) in [6.45, 7) is 0. The number of aromatic nitrogens is 1. The van der Waals surface area contributed by atoms with E-state index in [0.717, 1.165) is 10.9 Å². The second-order valence-electron chi connectivity index (χ2n) is 5.26. The first-order valence-corrected chi connectivity index (χ1v) is 8.44. The van der Waals surface area contributed by atoms with E-state index >= 15 is 0 Å². The maximum atomic E-state index is 12.4. The molecule has 0 bridgehead atoms. The number of anilines is 1. The predicted octanol–water partition coefficient (Wildman–Crippen LogP) is 3.19. The zero-order valence-electron chi connectivity index (χ0n) is 11.9. The molecule has 0 unspecified atom stereocenters. The Labute approximate surface area is 133 Å². The van der Waals surface area contributed by atoms with Crippen molar-refractivity contribution in [3.8, 4) is 5.75 Å². The molecule has 2 aromatic carbocycles. The number of benzene rings is 2. The number of rotatable bonds is 1. The third-order valence-electron chi connectivity index (χ3n) is 3.77. The number of sulfonamides is 1. The molecule has 0 spiro atoms. The summed E-state index contributed by atoms with van der Waals surface area (Å²) < 4.78 is 27.3. The number of phenolic OH excluding ortho intramolecular Hbond substituents is 1. The van der Waals surface area contributed by atoms with Crippen molar-refractivity contribution >= 4 is 37.6 Å². The molecule has 0 saturated heterocycles. The van der Waals surface area contributed by atoms with Gasteiger partial charge in [0, 0.05) is 23.2 Å². The molecule has 2 N–H and O–H groups in total. The summed E-state index contributed by atoms with van der Waals surface area (Å²) in [6, 6.07) is 13.7. The lowest BCUT2D eigenvalue weighted by atomic mass is 10.1. The topological polar surface area (TPSA) is 79.3 Å². The number of hydrogen-bond donors (Lipinski definition) is 2. The van der Waals surface area contributed by atoms with Gasteiger partial charge in [-0.2, -0.15) is 0 Å². The molecule has 0 amide bonds. The third kappa shape index (κ3) is 2.24. The highest BCUT2D eigenvalue weighted by Gasteiger charge is 2.29. The minimum absolute atomic E-state index is 0.121. The van der Waals surface area contributed by atoms with Crippen LogP contribution in [0.5, 0.6) is 5.75 Å². The Balaban J connectivity index is 1.98.